The number of nitrogens with one attached hydrogen (secondary N) is 1. The molecule has 44 heavy (non-hydrogen) atoms. The minimum Gasteiger partial charge on any atom is -0.493 e. The Morgan fingerprint density at radius 3 is 2.68 bits per heavy atom. The summed E-state index contributed by atoms with van der Waals surface area (Å²) in [6.07, 6.45) is 3.24. The molecule has 1 aliphatic rings. The second-order valence-corrected chi connectivity index (χ2v) is 9.76. The van der Waals surface area contributed by atoms with Crippen LogP contribution in [0.3, 0.4) is 0 Å². The van der Waals surface area contributed by atoms with Crippen LogP contribution in [0.15, 0.2) is 82.5 Å². The minimum atomic E-state index is -0.631. The molecular weight excluding hydrogens is 566 g/mol. The number of nitrogens with two attached hydrogens (primary N) is 1. The van der Waals surface area contributed by atoms with Crippen molar-refractivity contribution in [2.24, 2.45) is 5.10 Å². The topological polar surface area (TPSA) is 176 Å². The Morgan fingerprint density at radius 1 is 1.07 bits per heavy atom. The van der Waals surface area contributed by atoms with Gasteiger partial charge in [0.2, 0.25) is 11.6 Å². The number of carbonyl (C=O) groups is 2. The van der Waals surface area contributed by atoms with Crippen LogP contribution in [0.2, 0.25) is 0 Å². The summed E-state index contributed by atoms with van der Waals surface area (Å²) in [6.45, 7) is 1.03. The number of methoxy groups -OCH3 is 1. The van der Waals surface area contributed by atoms with E-state index in [1.165, 1.54) is 23.6 Å². The standard InChI is InChI=1S/C30H27N9O5/c1-42-24-15-7-12-21(26(24)43-30(41)20-10-3-2-4-11-20)17-32-34-29(40)25-23(39(37-33-25)28-27(31)35-44-36-28)18-38-16-8-13-19-9-5-6-14-22(19)38/h2-7,9-12,14-15,17H,8,13,16,18H2,1H3,(H2,31,35)(H,34,40)/b32-17+. The Balaban J connectivity index is 1.27. The molecule has 2 aromatic heterocycles. The molecule has 1 aliphatic heterocycles. The normalized spacial score (nSPS) is 12.6. The summed E-state index contributed by atoms with van der Waals surface area (Å²) >= 11 is 0. The lowest BCUT2D eigenvalue weighted by atomic mass is 10.0. The van der Waals surface area contributed by atoms with Gasteiger partial charge >= 0.3 is 5.97 Å². The van der Waals surface area contributed by atoms with Crippen molar-refractivity contribution in [3.8, 4) is 17.3 Å². The van der Waals surface area contributed by atoms with Crippen LogP contribution in [0.25, 0.3) is 5.82 Å². The summed E-state index contributed by atoms with van der Waals surface area (Å²) in [7, 11) is 1.46. The van der Waals surface area contributed by atoms with Crippen molar-refractivity contribution in [1.29, 1.82) is 0 Å². The zero-order valence-corrected chi connectivity index (χ0v) is 23.6. The van der Waals surface area contributed by atoms with Crippen molar-refractivity contribution in [1.82, 2.24) is 30.7 Å². The van der Waals surface area contributed by atoms with Crippen molar-refractivity contribution in [2.75, 3.05) is 24.3 Å². The summed E-state index contributed by atoms with van der Waals surface area (Å²) < 4.78 is 17.2. The molecule has 0 saturated heterocycles. The van der Waals surface area contributed by atoms with Crippen molar-refractivity contribution in [2.45, 2.75) is 19.4 Å². The largest absolute Gasteiger partial charge is 0.493 e. The molecule has 0 fully saturated rings. The zero-order valence-electron chi connectivity index (χ0n) is 23.6. The number of hydrogen-bond acceptors (Lipinski definition) is 12. The predicted octanol–water partition coefficient (Wildman–Crippen LogP) is 3.18. The number of benzene rings is 3. The molecule has 0 unspecified atom stereocenters. The number of hydrogen-bond donors (Lipinski definition) is 2. The second-order valence-electron chi connectivity index (χ2n) is 9.76. The number of nitrogens with zero attached hydrogens (tertiary/aromatic N) is 7. The number of hydrazone groups is 1. The van der Waals surface area contributed by atoms with Crippen LogP contribution >= 0.6 is 0 Å². The number of esters is 1. The van der Waals surface area contributed by atoms with Gasteiger partial charge in [-0.05, 0) is 59.1 Å². The van der Waals surface area contributed by atoms with E-state index in [4.69, 9.17) is 19.8 Å². The highest BCUT2D eigenvalue weighted by atomic mass is 16.6. The predicted molar refractivity (Wildman–Crippen MR) is 159 cm³/mol. The molecule has 0 radical (unpaired) electrons. The third kappa shape index (κ3) is 5.68. The number of fused-ring (bicyclic) bond motifs is 1. The van der Waals surface area contributed by atoms with Crippen LogP contribution in [0, 0.1) is 0 Å². The van der Waals surface area contributed by atoms with Crippen molar-refractivity contribution >= 4 is 29.6 Å². The van der Waals surface area contributed by atoms with Crippen LogP contribution in [0.1, 0.15) is 44.1 Å². The quantitative estimate of drug-likeness (QED) is 0.111. The molecule has 1 amide bonds. The summed E-state index contributed by atoms with van der Waals surface area (Å²) in [5, 5.41) is 19.9. The molecule has 3 aromatic carbocycles. The van der Waals surface area contributed by atoms with E-state index in [-0.39, 0.29) is 29.6 Å². The number of rotatable bonds is 9. The highest BCUT2D eigenvalue weighted by Gasteiger charge is 2.27. The first-order chi connectivity index (χ1) is 21.5. The fraction of sp³-hybridized carbons (Fsp3) is 0.167. The first kappa shape index (κ1) is 28.1. The molecule has 3 heterocycles. The smallest absolute Gasteiger partial charge is 0.343 e. The number of carbonyl (C=O) groups excluding carboxylic acids is 2. The first-order valence-corrected chi connectivity index (χ1v) is 13.7. The summed E-state index contributed by atoms with van der Waals surface area (Å²) in [5.41, 5.74) is 11.9. The maximum atomic E-state index is 13.4. The Morgan fingerprint density at radius 2 is 1.89 bits per heavy atom. The highest BCUT2D eigenvalue weighted by Crippen LogP contribution is 2.31. The van der Waals surface area contributed by atoms with E-state index in [1.54, 1.807) is 48.5 Å². The van der Waals surface area contributed by atoms with Gasteiger partial charge in [0.25, 0.3) is 5.91 Å². The van der Waals surface area contributed by atoms with Crippen molar-refractivity contribution < 1.29 is 23.7 Å². The minimum absolute atomic E-state index is 0.00391. The molecular formula is C30H27N9O5. The third-order valence-corrected chi connectivity index (χ3v) is 7.02. The second kappa shape index (κ2) is 12.4. The molecule has 0 spiro atoms. The maximum Gasteiger partial charge on any atom is 0.343 e. The molecule has 14 heteroatoms. The SMILES string of the molecule is COc1cccc(/C=N/NC(=O)c2nnn(-c3nonc3N)c2CN2CCCc3ccccc32)c1OC(=O)c1ccccc1. The van der Waals surface area contributed by atoms with Crippen molar-refractivity contribution in [3.05, 3.63) is 101 Å². The molecule has 0 bridgehead atoms. The zero-order chi connectivity index (χ0) is 30.5. The number of ether oxygens (including phenoxy) is 2. The average molecular weight is 594 g/mol. The number of amides is 1. The van der Waals surface area contributed by atoms with Gasteiger partial charge < -0.3 is 20.1 Å². The van der Waals surface area contributed by atoms with E-state index in [0.717, 1.165) is 25.1 Å². The molecule has 14 nitrogen and oxygen atoms in total. The van der Waals surface area contributed by atoms with Gasteiger partial charge in [-0.15, -0.1) is 5.10 Å². The molecule has 222 valence electrons. The first-order valence-electron chi connectivity index (χ1n) is 13.7. The van der Waals surface area contributed by atoms with Gasteiger partial charge in [0.05, 0.1) is 31.1 Å². The van der Waals surface area contributed by atoms with Gasteiger partial charge in [0, 0.05) is 17.8 Å². The number of aromatic nitrogens is 5. The van der Waals surface area contributed by atoms with E-state index in [9.17, 15) is 9.59 Å². The van der Waals surface area contributed by atoms with Gasteiger partial charge in [0.1, 0.15) is 0 Å². The molecule has 6 rings (SSSR count). The Kier molecular flexibility index (Phi) is 7.94. The Hall–Kier alpha value is -6.05. The van der Waals surface area contributed by atoms with Crippen LogP contribution in [0.5, 0.6) is 11.5 Å². The lowest BCUT2D eigenvalue weighted by Crippen LogP contribution is -2.31. The van der Waals surface area contributed by atoms with Crippen LogP contribution < -0.4 is 25.5 Å². The van der Waals surface area contributed by atoms with Crippen LogP contribution in [0.4, 0.5) is 11.5 Å². The summed E-state index contributed by atoms with van der Waals surface area (Å²) in [4.78, 5) is 28.3. The van der Waals surface area contributed by atoms with E-state index in [1.807, 2.05) is 18.2 Å². The third-order valence-electron chi connectivity index (χ3n) is 7.02. The number of para-hydroxylation sites is 2. The Bertz CT molecular complexity index is 1830. The summed E-state index contributed by atoms with van der Waals surface area (Å²) in [6, 6.07) is 21.7. The maximum absolute atomic E-state index is 13.4. The molecule has 5 aromatic rings. The monoisotopic (exact) mass is 593 g/mol. The van der Waals surface area contributed by atoms with E-state index in [0.29, 0.717) is 22.6 Å². The number of nitrogen functional groups attached to an aromatic ring is 1. The van der Waals surface area contributed by atoms with Crippen LogP contribution in [-0.4, -0.2) is 57.1 Å². The van der Waals surface area contributed by atoms with E-state index in [2.05, 4.69) is 42.1 Å². The number of aryl methyl sites for hydroxylation is 1. The van der Waals surface area contributed by atoms with Gasteiger partial charge in [0.15, 0.2) is 17.2 Å². The molecule has 3 N–H and O–H groups in total. The lowest BCUT2D eigenvalue weighted by molar-refractivity contribution is 0.0729. The highest BCUT2D eigenvalue weighted by molar-refractivity contribution is 5.96. The molecule has 0 aliphatic carbocycles. The fourth-order valence-corrected chi connectivity index (χ4v) is 4.93. The summed E-state index contributed by atoms with van der Waals surface area (Å²) in [5.74, 6) is -0.636. The van der Waals surface area contributed by atoms with E-state index >= 15 is 0 Å². The van der Waals surface area contributed by atoms with Crippen molar-refractivity contribution in [3.63, 3.8) is 0 Å². The number of anilines is 2. The molecule has 0 atom stereocenters. The molecule has 0 saturated carbocycles. The van der Waals surface area contributed by atoms with Gasteiger partial charge in [-0.3, -0.25) is 4.79 Å². The van der Waals surface area contributed by atoms with Gasteiger partial charge in [-0.25, -0.2) is 14.8 Å². The van der Waals surface area contributed by atoms with Gasteiger partial charge in [-0.1, -0.05) is 47.7 Å². The average Bonchev–Trinajstić information content (AvgIpc) is 3.67. The fourth-order valence-electron chi connectivity index (χ4n) is 4.93. The van der Waals surface area contributed by atoms with Gasteiger partial charge in [-0.2, -0.15) is 9.78 Å². The Labute approximate surface area is 251 Å². The van der Waals surface area contributed by atoms with E-state index < -0.39 is 11.9 Å². The van der Waals surface area contributed by atoms with Crippen LogP contribution in [-0.2, 0) is 13.0 Å². The lowest BCUT2D eigenvalue weighted by Gasteiger charge is -2.31.